The van der Waals surface area contributed by atoms with Crippen molar-refractivity contribution in [2.75, 3.05) is 12.4 Å². The highest BCUT2D eigenvalue weighted by Gasteiger charge is 2.34. The minimum absolute atomic E-state index is 0.163. The van der Waals surface area contributed by atoms with E-state index in [-0.39, 0.29) is 17.5 Å². The summed E-state index contributed by atoms with van der Waals surface area (Å²) in [5.41, 5.74) is 1.71. The standard InChI is InChI=1S/C17H17N3O4S/c1-9(20-8-11-6-4-5-7-12(11)15(20)22)14(21)19-17-18-13(10(2)25-17)16(23)24-3/h4-7,9H,8H2,1-3H3,(H,18,19,21)/t9-/m1/s1. The van der Waals surface area contributed by atoms with E-state index in [0.717, 1.165) is 5.56 Å². The summed E-state index contributed by atoms with van der Waals surface area (Å²) in [5.74, 6) is -1.07. The molecule has 8 heteroatoms. The number of ether oxygens (including phenoxy) is 1. The first-order valence-corrected chi connectivity index (χ1v) is 8.49. The summed E-state index contributed by atoms with van der Waals surface area (Å²) in [7, 11) is 1.28. The van der Waals surface area contributed by atoms with Gasteiger partial charge in [-0.25, -0.2) is 9.78 Å². The van der Waals surface area contributed by atoms with Crippen molar-refractivity contribution in [3.05, 3.63) is 46.0 Å². The summed E-state index contributed by atoms with van der Waals surface area (Å²) >= 11 is 1.19. The van der Waals surface area contributed by atoms with Crippen LogP contribution in [0.4, 0.5) is 5.13 Å². The average molecular weight is 359 g/mol. The van der Waals surface area contributed by atoms with Gasteiger partial charge in [-0.3, -0.25) is 9.59 Å². The number of aryl methyl sites for hydroxylation is 1. The van der Waals surface area contributed by atoms with Crippen LogP contribution in [-0.2, 0) is 16.1 Å². The fourth-order valence-electron chi connectivity index (χ4n) is 2.68. The zero-order valence-electron chi connectivity index (χ0n) is 14.0. The van der Waals surface area contributed by atoms with Crippen LogP contribution in [0.15, 0.2) is 24.3 Å². The van der Waals surface area contributed by atoms with Gasteiger partial charge in [0.25, 0.3) is 5.91 Å². The summed E-state index contributed by atoms with van der Waals surface area (Å²) < 4.78 is 4.65. The molecular formula is C17H17N3O4S. The summed E-state index contributed by atoms with van der Waals surface area (Å²) in [6, 6.07) is 6.65. The Morgan fingerprint density at radius 3 is 2.76 bits per heavy atom. The molecule has 3 rings (SSSR count). The van der Waals surface area contributed by atoms with Crippen LogP contribution in [0.2, 0.25) is 0 Å². The first-order chi connectivity index (χ1) is 11.9. The van der Waals surface area contributed by atoms with Gasteiger partial charge in [0, 0.05) is 17.0 Å². The zero-order valence-corrected chi connectivity index (χ0v) is 14.8. The Balaban J connectivity index is 1.72. The molecule has 0 bridgehead atoms. The highest BCUT2D eigenvalue weighted by Crippen LogP contribution is 2.26. The molecule has 2 heterocycles. The fraction of sp³-hybridized carbons (Fsp3) is 0.294. The van der Waals surface area contributed by atoms with Crippen LogP contribution >= 0.6 is 11.3 Å². The van der Waals surface area contributed by atoms with E-state index in [1.54, 1.807) is 26.0 Å². The molecule has 1 aliphatic rings. The number of anilines is 1. The van der Waals surface area contributed by atoms with Crippen molar-refractivity contribution in [3.8, 4) is 0 Å². The van der Waals surface area contributed by atoms with Gasteiger partial charge in [0.2, 0.25) is 5.91 Å². The van der Waals surface area contributed by atoms with Crippen molar-refractivity contribution in [1.82, 2.24) is 9.88 Å². The predicted molar refractivity (Wildman–Crippen MR) is 92.6 cm³/mol. The van der Waals surface area contributed by atoms with Crippen molar-refractivity contribution in [3.63, 3.8) is 0 Å². The molecule has 7 nitrogen and oxygen atoms in total. The maximum absolute atomic E-state index is 12.5. The number of benzene rings is 1. The van der Waals surface area contributed by atoms with Crippen molar-refractivity contribution < 1.29 is 19.1 Å². The molecular weight excluding hydrogens is 342 g/mol. The van der Waals surface area contributed by atoms with Crippen molar-refractivity contribution in [2.24, 2.45) is 0 Å². The van der Waals surface area contributed by atoms with Gasteiger partial charge in [-0.2, -0.15) is 0 Å². The Morgan fingerprint density at radius 2 is 2.08 bits per heavy atom. The number of thiazole rings is 1. The number of amides is 2. The molecule has 2 amide bonds. The van der Waals surface area contributed by atoms with Crippen molar-refractivity contribution in [2.45, 2.75) is 26.4 Å². The molecule has 1 N–H and O–H groups in total. The Kier molecular flexibility index (Phi) is 4.54. The summed E-state index contributed by atoms with van der Waals surface area (Å²) in [5, 5.41) is 2.98. The third-order valence-corrected chi connectivity index (χ3v) is 4.99. The van der Waals surface area contributed by atoms with E-state index >= 15 is 0 Å². The van der Waals surface area contributed by atoms with Crippen molar-refractivity contribution >= 4 is 34.3 Å². The summed E-state index contributed by atoms with van der Waals surface area (Å²) in [4.78, 5) is 42.8. The highest BCUT2D eigenvalue weighted by atomic mass is 32.1. The quantitative estimate of drug-likeness (QED) is 0.846. The van der Waals surface area contributed by atoms with Crippen LogP contribution in [0.25, 0.3) is 0 Å². The first kappa shape index (κ1) is 17.1. The van der Waals surface area contributed by atoms with Gasteiger partial charge in [0.05, 0.1) is 7.11 Å². The second-order valence-corrected chi connectivity index (χ2v) is 6.87. The number of hydrogen-bond acceptors (Lipinski definition) is 6. The lowest BCUT2D eigenvalue weighted by Gasteiger charge is -2.22. The van der Waals surface area contributed by atoms with Crippen LogP contribution in [0.5, 0.6) is 0 Å². The number of carbonyl (C=O) groups excluding carboxylic acids is 3. The molecule has 0 radical (unpaired) electrons. The number of fused-ring (bicyclic) bond motifs is 1. The molecule has 2 aromatic rings. The lowest BCUT2D eigenvalue weighted by Crippen LogP contribution is -2.42. The van der Waals surface area contributed by atoms with E-state index in [9.17, 15) is 14.4 Å². The third-order valence-electron chi connectivity index (χ3n) is 4.10. The van der Waals surface area contributed by atoms with Gasteiger partial charge < -0.3 is 15.0 Å². The first-order valence-electron chi connectivity index (χ1n) is 7.68. The Bertz CT molecular complexity index is 861. The maximum Gasteiger partial charge on any atom is 0.357 e. The number of methoxy groups -OCH3 is 1. The van der Waals surface area contributed by atoms with Gasteiger partial charge in [0.15, 0.2) is 10.8 Å². The summed E-state index contributed by atoms with van der Waals surface area (Å²) in [6.45, 7) is 3.79. The third kappa shape index (κ3) is 3.12. The molecule has 0 spiro atoms. The zero-order chi connectivity index (χ0) is 18.1. The minimum atomic E-state index is -0.661. The van der Waals surface area contributed by atoms with Gasteiger partial charge in [-0.05, 0) is 25.5 Å². The fourth-order valence-corrected chi connectivity index (χ4v) is 3.48. The second-order valence-electron chi connectivity index (χ2n) is 5.67. The maximum atomic E-state index is 12.5. The topological polar surface area (TPSA) is 88.6 Å². The molecule has 130 valence electrons. The van der Waals surface area contributed by atoms with Crippen LogP contribution in [0.1, 0.15) is 38.2 Å². The van der Waals surface area contributed by atoms with Crippen LogP contribution < -0.4 is 5.32 Å². The number of nitrogens with zero attached hydrogens (tertiary/aromatic N) is 2. The smallest absolute Gasteiger partial charge is 0.357 e. The normalized spacial score (nSPS) is 14.2. The molecule has 1 atom stereocenters. The van der Waals surface area contributed by atoms with Gasteiger partial charge >= 0.3 is 5.97 Å². The molecule has 0 unspecified atom stereocenters. The van der Waals surface area contributed by atoms with Crippen molar-refractivity contribution in [1.29, 1.82) is 0 Å². The lowest BCUT2D eigenvalue weighted by atomic mass is 10.1. The van der Waals surface area contributed by atoms with Gasteiger partial charge in [-0.15, -0.1) is 11.3 Å². The average Bonchev–Trinajstić information content (AvgIpc) is 3.14. The molecule has 0 saturated carbocycles. The van der Waals surface area contributed by atoms with Gasteiger partial charge in [-0.1, -0.05) is 18.2 Å². The van der Waals surface area contributed by atoms with E-state index in [1.165, 1.54) is 23.3 Å². The molecule has 1 aromatic heterocycles. The SMILES string of the molecule is COC(=O)c1nc(NC(=O)[C@@H](C)N2Cc3ccccc3C2=O)sc1C. The monoisotopic (exact) mass is 359 g/mol. The summed E-state index contributed by atoms with van der Waals surface area (Å²) in [6.07, 6.45) is 0. The van der Waals surface area contributed by atoms with Gasteiger partial charge in [0.1, 0.15) is 6.04 Å². The van der Waals surface area contributed by atoms with E-state index < -0.39 is 12.0 Å². The molecule has 0 fully saturated rings. The molecule has 1 aliphatic heterocycles. The number of hydrogen-bond donors (Lipinski definition) is 1. The molecule has 0 aliphatic carbocycles. The van der Waals surface area contributed by atoms with E-state index in [0.29, 0.717) is 22.1 Å². The van der Waals surface area contributed by atoms with Crippen LogP contribution in [-0.4, -0.2) is 40.8 Å². The highest BCUT2D eigenvalue weighted by molar-refractivity contribution is 7.16. The van der Waals surface area contributed by atoms with E-state index in [1.807, 2.05) is 12.1 Å². The minimum Gasteiger partial charge on any atom is -0.464 e. The molecule has 25 heavy (non-hydrogen) atoms. The molecule has 1 aromatic carbocycles. The number of esters is 1. The number of nitrogens with one attached hydrogen (secondary N) is 1. The largest absolute Gasteiger partial charge is 0.464 e. The van der Waals surface area contributed by atoms with E-state index in [4.69, 9.17) is 0 Å². The number of rotatable bonds is 4. The second kappa shape index (κ2) is 6.64. The van der Waals surface area contributed by atoms with E-state index in [2.05, 4.69) is 15.0 Å². The Morgan fingerprint density at radius 1 is 1.36 bits per heavy atom. The Labute approximate surface area is 148 Å². The Hall–Kier alpha value is -2.74. The number of carbonyl (C=O) groups is 3. The number of aromatic nitrogens is 1. The predicted octanol–water partition coefficient (Wildman–Crippen LogP) is 2.22. The molecule has 0 saturated heterocycles. The lowest BCUT2D eigenvalue weighted by molar-refractivity contribution is -0.120. The van der Waals surface area contributed by atoms with Crippen LogP contribution in [0.3, 0.4) is 0 Å². The van der Waals surface area contributed by atoms with Crippen LogP contribution in [0, 0.1) is 6.92 Å².